The molecule has 0 heterocycles. The van der Waals surface area contributed by atoms with E-state index in [1.807, 2.05) is 0 Å². The van der Waals surface area contributed by atoms with E-state index in [0.717, 1.165) is 12.1 Å². The highest BCUT2D eigenvalue weighted by molar-refractivity contribution is 6.33. The normalized spacial score (nSPS) is 12.5. The fraction of sp³-hybridized carbons (Fsp3) is 0.143. The first kappa shape index (κ1) is 16.6. The predicted octanol–water partition coefficient (Wildman–Crippen LogP) is 6.18. The van der Waals surface area contributed by atoms with Gasteiger partial charge in [0.25, 0.3) is 0 Å². The first-order valence-corrected chi connectivity index (χ1v) is 6.12. The predicted molar refractivity (Wildman–Crippen MR) is 66.8 cm³/mol. The Bertz CT molecular complexity index is 701. The van der Waals surface area contributed by atoms with Gasteiger partial charge in [-0.1, -0.05) is 17.7 Å². The first-order valence-electron chi connectivity index (χ1n) is 5.74. The molecular weight excluding hydrogens is 337 g/mol. The standard InChI is InChI=1S/C14H6ClF7/c15-11-3-1-2-10(14(20,21)22)12(11)7-4-8(13(17,18)19)6-9(16)5-7/h1-6H. The summed E-state index contributed by atoms with van der Waals surface area (Å²) in [7, 11) is 0. The SMILES string of the molecule is Fc1cc(-c2c(Cl)cccc2C(F)(F)F)cc(C(F)(F)F)c1. The van der Waals surface area contributed by atoms with E-state index < -0.39 is 45.4 Å². The number of halogens is 8. The van der Waals surface area contributed by atoms with Crippen LogP contribution in [0.2, 0.25) is 5.02 Å². The van der Waals surface area contributed by atoms with Crippen LogP contribution in [-0.4, -0.2) is 0 Å². The van der Waals surface area contributed by atoms with Crippen LogP contribution in [0.3, 0.4) is 0 Å². The number of hydrogen-bond acceptors (Lipinski definition) is 0. The molecule has 22 heavy (non-hydrogen) atoms. The van der Waals surface area contributed by atoms with Crippen LogP contribution >= 0.6 is 11.6 Å². The largest absolute Gasteiger partial charge is 0.417 e. The van der Waals surface area contributed by atoms with Crippen molar-refractivity contribution in [3.63, 3.8) is 0 Å². The summed E-state index contributed by atoms with van der Waals surface area (Å²) >= 11 is 5.69. The van der Waals surface area contributed by atoms with Crippen molar-refractivity contribution in [1.82, 2.24) is 0 Å². The summed E-state index contributed by atoms with van der Waals surface area (Å²) in [5, 5.41) is -0.423. The average molecular weight is 343 g/mol. The Labute approximate surface area is 125 Å². The summed E-state index contributed by atoms with van der Waals surface area (Å²) < 4.78 is 90.3. The molecule has 0 atom stereocenters. The van der Waals surface area contributed by atoms with Gasteiger partial charge in [0.2, 0.25) is 0 Å². The molecule has 0 radical (unpaired) electrons. The van der Waals surface area contributed by atoms with E-state index in [2.05, 4.69) is 0 Å². The Kier molecular flexibility index (Phi) is 4.12. The maximum absolute atomic E-state index is 13.4. The van der Waals surface area contributed by atoms with Gasteiger partial charge >= 0.3 is 12.4 Å². The second-order valence-electron chi connectivity index (χ2n) is 4.39. The van der Waals surface area contributed by atoms with Gasteiger partial charge < -0.3 is 0 Å². The second kappa shape index (κ2) is 5.46. The topological polar surface area (TPSA) is 0 Å². The number of rotatable bonds is 1. The Balaban J connectivity index is 2.75. The van der Waals surface area contributed by atoms with Gasteiger partial charge in [-0.15, -0.1) is 0 Å². The van der Waals surface area contributed by atoms with Gasteiger partial charge in [0.05, 0.1) is 11.1 Å². The van der Waals surface area contributed by atoms with Crippen LogP contribution in [0, 0.1) is 5.82 Å². The van der Waals surface area contributed by atoms with Crippen LogP contribution in [0.25, 0.3) is 11.1 Å². The highest BCUT2D eigenvalue weighted by Gasteiger charge is 2.36. The lowest BCUT2D eigenvalue weighted by Crippen LogP contribution is -2.09. The zero-order chi connectivity index (χ0) is 16.7. The number of alkyl halides is 6. The summed E-state index contributed by atoms with van der Waals surface area (Å²) in [5.41, 5.74) is -3.92. The van der Waals surface area contributed by atoms with Crippen LogP contribution in [0.1, 0.15) is 11.1 Å². The molecule has 2 rings (SSSR count). The molecule has 0 saturated heterocycles. The van der Waals surface area contributed by atoms with Crippen molar-refractivity contribution in [3.8, 4) is 11.1 Å². The minimum atomic E-state index is -4.89. The second-order valence-corrected chi connectivity index (χ2v) is 4.79. The molecular formula is C14H6ClF7. The van der Waals surface area contributed by atoms with Crippen LogP contribution < -0.4 is 0 Å². The molecule has 0 aliphatic rings. The molecule has 0 fully saturated rings. The van der Waals surface area contributed by atoms with Crippen molar-refractivity contribution in [2.45, 2.75) is 12.4 Å². The maximum atomic E-state index is 13.4. The number of benzene rings is 2. The average Bonchev–Trinajstić information content (AvgIpc) is 2.35. The molecule has 0 amide bonds. The molecule has 118 valence electrons. The fourth-order valence-electron chi connectivity index (χ4n) is 1.95. The third-order valence-corrected chi connectivity index (χ3v) is 3.15. The van der Waals surface area contributed by atoms with E-state index in [1.165, 1.54) is 0 Å². The summed E-state index contributed by atoms with van der Waals surface area (Å²) in [6, 6.07) is 3.97. The first-order chi connectivity index (χ1) is 10.00. The van der Waals surface area contributed by atoms with Crippen LogP contribution in [0.4, 0.5) is 30.7 Å². The van der Waals surface area contributed by atoms with E-state index in [0.29, 0.717) is 18.2 Å². The van der Waals surface area contributed by atoms with Crippen LogP contribution in [0.5, 0.6) is 0 Å². The minimum absolute atomic E-state index is 0.202. The minimum Gasteiger partial charge on any atom is -0.207 e. The van der Waals surface area contributed by atoms with E-state index in [4.69, 9.17) is 11.6 Å². The van der Waals surface area contributed by atoms with Gasteiger partial charge in [0.15, 0.2) is 0 Å². The van der Waals surface area contributed by atoms with Gasteiger partial charge in [-0.3, -0.25) is 0 Å². The summed E-state index contributed by atoms with van der Waals surface area (Å²) in [6.07, 6.45) is -9.73. The number of hydrogen-bond donors (Lipinski definition) is 0. The highest BCUT2D eigenvalue weighted by Crippen LogP contribution is 2.42. The summed E-state index contributed by atoms with van der Waals surface area (Å²) in [6.45, 7) is 0. The van der Waals surface area contributed by atoms with E-state index in [-0.39, 0.29) is 6.07 Å². The Morgan fingerprint density at radius 1 is 0.818 bits per heavy atom. The van der Waals surface area contributed by atoms with Crippen molar-refractivity contribution in [3.05, 3.63) is 58.4 Å². The van der Waals surface area contributed by atoms with Gasteiger partial charge in [-0.25, -0.2) is 4.39 Å². The third kappa shape index (κ3) is 3.35. The van der Waals surface area contributed by atoms with Crippen molar-refractivity contribution in [2.75, 3.05) is 0 Å². The third-order valence-electron chi connectivity index (χ3n) is 2.83. The zero-order valence-electron chi connectivity index (χ0n) is 10.5. The van der Waals surface area contributed by atoms with Gasteiger partial charge in [-0.05, 0) is 35.9 Å². The smallest absolute Gasteiger partial charge is 0.207 e. The molecule has 0 spiro atoms. The highest BCUT2D eigenvalue weighted by atomic mass is 35.5. The van der Waals surface area contributed by atoms with E-state index >= 15 is 0 Å². The van der Waals surface area contributed by atoms with Crippen LogP contribution in [0.15, 0.2) is 36.4 Å². The molecule has 0 aliphatic heterocycles. The fourth-order valence-corrected chi connectivity index (χ4v) is 2.24. The molecule has 0 unspecified atom stereocenters. The van der Waals surface area contributed by atoms with Crippen LogP contribution in [-0.2, 0) is 12.4 Å². The zero-order valence-corrected chi connectivity index (χ0v) is 11.2. The monoisotopic (exact) mass is 342 g/mol. The maximum Gasteiger partial charge on any atom is 0.417 e. The van der Waals surface area contributed by atoms with Crippen molar-refractivity contribution in [2.24, 2.45) is 0 Å². The molecule has 0 saturated carbocycles. The lowest BCUT2D eigenvalue weighted by atomic mass is 9.97. The summed E-state index contributed by atoms with van der Waals surface area (Å²) in [4.78, 5) is 0. The molecule has 0 N–H and O–H groups in total. The van der Waals surface area contributed by atoms with Gasteiger partial charge in [0, 0.05) is 10.6 Å². The quantitative estimate of drug-likeness (QED) is 0.542. The van der Waals surface area contributed by atoms with Crippen molar-refractivity contribution >= 4 is 11.6 Å². The Morgan fingerprint density at radius 2 is 1.45 bits per heavy atom. The van der Waals surface area contributed by atoms with Gasteiger partial charge in [-0.2, -0.15) is 26.3 Å². The van der Waals surface area contributed by atoms with Crippen molar-refractivity contribution < 1.29 is 30.7 Å². The van der Waals surface area contributed by atoms with E-state index in [9.17, 15) is 30.7 Å². The molecule has 2 aromatic rings. The summed E-state index contributed by atoms with van der Waals surface area (Å²) in [5.74, 6) is -1.31. The molecule has 2 aromatic carbocycles. The van der Waals surface area contributed by atoms with Crippen molar-refractivity contribution in [1.29, 1.82) is 0 Å². The lowest BCUT2D eigenvalue weighted by molar-refractivity contribution is -0.137. The molecule has 8 heteroatoms. The van der Waals surface area contributed by atoms with Gasteiger partial charge in [0.1, 0.15) is 5.82 Å². The molecule has 0 aliphatic carbocycles. The Morgan fingerprint density at radius 3 is 2.00 bits per heavy atom. The molecule has 0 bridgehead atoms. The molecule has 0 nitrogen and oxygen atoms in total. The Hall–Kier alpha value is -1.76. The molecule has 0 aromatic heterocycles. The van der Waals surface area contributed by atoms with E-state index in [1.54, 1.807) is 0 Å². The lowest BCUT2D eigenvalue weighted by Gasteiger charge is -2.16.